The van der Waals surface area contributed by atoms with E-state index in [0.717, 1.165) is 29.0 Å². The third kappa shape index (κ3) is 6.78. The van der Waals surface area contributed by atoms with Crippen LogP contribution in [0.1, 0.15) is 25.3 Å². The Kier molecular flexibility index (Phi) is 8.80. The minimum absolute atomic E-state index is 0.0210. The van der Waals surface area contributed by atoms with Crippen molar-refractivity contribution in [3.05, 3.63) is 49.4 Å². The van der Waals surface area contributed by atoms with Crippen molar-refractivity contribution < 1.29 is 13.6 Å². The minimum Gasteiger partial charge on any atom is -0.360 e. The summed E-state index contributed by atoms with van der Waals surface area (Å²) in [6.07, 6.45) is 7.24. The maximum absolute atomic E-state index is 13.3. The van der Waals surface area contributed by atoms with Gasteiger partial charge in [-0.15, -0.1) is 17.8 Å². The van der Waals surface area contributed by atoms with E-state index < -0.39 is 11.8 Å². The molecule has 1 aliphatic rings. The summed E-state index contributed by atoms with van der Waals surface area (Å²) >= 11 is 1.05. The molecule has 3 rings (SSSR count). The molecule has 1 amide bonds. The predicted molar refractivity (Wildman–Crippen MR) is 133 cm³/mol. The van der Waals surface area contributed by atoms with Gasteiger partial charge in [0, 0.05) is 50.9 Å². The number of nitrogens with zero attached hydrogens (tertiary/aromatic N) is 3. The quantitative estimate of drug-likeness (QED) is 0.537. The molecule has 1 aromatic heterocycles. The number of nitriles is 1. The van der Waals surface area contributed by atoms with Crippen LogP contribution in [0.5, 0.6) is 0 Å². The van der Waals surface area contributed by atoms with Crippen molar-refractivity contribution in [3.63, 3.8) is 0 Å². The van der Waals surface area contributed by atoms with Crippen molar-refractivity contribution in [2.24, 2.45) is 0 Å². The number of hydrogen-bond acceptors (Lipinski definition) is 6. The zero-order chi connectivity index (χ0) is 25.4. The number of likely N-dealkylation sites (tertiary alicyclic amines) is 1. The highest BCUT2D eigenvalue weighted by Gasteiger charge is 2.33. The van der Waals surface area contributed by atoms with Crippen LogP contribution < -0.4 is 25.4 Å². The van der Waals surface area contributed by atoms with Gasteiger partial charge in [-0.2, -0.15) is 5.26 Å². The van der Waals surface area contributed by atoms with Gasteiger partial charge in [0.25, 0.3) is 17.4 Å². The van der Waals surface area contributed by atoms with E-state index in [1.807, 2.05) is 35.2 Å². The van der Waals surface area contributed by atoms with Crippen molar-refractivity contribution in [3.8, 4) is 18.4 Å². The number of carbonyl (C=O) groups excluding carboxylic acids is 1. The molecule has 0 unspecified atom stereocenters. The lowest BCUT2D eigenvalue weighted by Crippen LogP contribution is -2.40. The van der Waals surface area contributed by atoms with Gasteiger partial charge in [-0.25, -0.2) is 8.78 Å². The maximum atomic E-state index is 13.3. The lowest BCUT2D eigenvalue weighted by Gasteiger charge is -2.31. The molecule has 0 radical (unpaired) electrons. The van der Waals surface area contributed by atoms with E-state index in [9.17, 15) is 23.6 Å². The van der Waals surface area contributed by atoms with Gasteiger partial charge in [-0.3, -0.25) is 14.2 Å². The van der Waals surface area contributed by atoms with Crippen LogP contribution in [-0.2, 0) is 17.8 Å². The first-order valence-corrected chi connectivity index (χ1v) is 12.1. The van der Waals surface area contributed by atoms with Gasteiger partial charge in [-0.05, 0) is 31.0 Å². The van der Waals surface area contributed by atoms with Crippen LogP contribution in [0.4, 0.5) is 14.5 Å². The number of thiazole rings is 1. The van der Waals surface area contributed by atoms with Crippen LogP contribution in [-0.4, -0.2) is 47.5 Å². The molecule has 0 aliphatic carbocycles. The summed E-state index contributed by atoms with van der Waals surface area (Å²) in [5.74, 6) is -0.897. The van der Waals surface area contributed by atoms with Gasteiger partial charge in [0.1, 0.15) is 15.3 Å². The average Bonchev–Trinajstić information content (AvgIpc) is 3.16. The zero-order valence-electron chi connectivity index (χ0n) is 19.4. The Morgan fingerprint density at radius 2 is 2.09 bits per heavy atom. The summed E-state index contributed by atoms with van der Waals surface area (Å²) in [5, 5.41) is 15.1. The molecule has 10 heteroatoms. The molecule has 0 spiro atoms. The van der Waals surface area contributed by atoms with Gasteiger partial charge in [-0.1, -0.05) is 18.1 Å². The van der Waals surface area contributed by atoms with Crippen LogP contribution in [0.3, 0.4) is 0 Å². The molecule has 2 aromatic rings. The number of halogens is 2. The predicted octanol–water partition coefficient (Wildman–Crippen LogP) is 1.48. The Hall–Kier alpha value is -3.47. The zero-order valence-corrected chi connectivity index (χ0v) is 20.3. The molecular formula is C25H27F2N5O2S. The highest BCUT2D eigenvalue weighted by Crippen LogP contribution is 2.27. The van der Waals surface area contributed by atoms with E-state index >= 15 is 0 Å². The Balaban J connectivity index is 1.77. The largest absolute Gasteiger partial charge is 0.360 e. The highest BCUT2D eigenvalue weighted by molar-refractivity contribution is 7.07. The highest BCUT2D eigenvalue weighted by atomic mass is 32.1. The number of alkyl halides is 2. The van der Waals surface area contributed by atoms with Crippen molar-refractivity contribution in [2.45, 2.75) is 38.7 Å². The number of anilines is 1. The van der Waals surface area contributed by atoms with E-state index in [1.165, 1.54) is 4.57 Å². The van der Waals surface area contributed by atoms with Crippen LogP contribution in [0.2, 0.25) is 0 Å². The third-order valence-electron chi connectivity index (χ3n) is 5.73. The van der Waals surface area contributed by atoms with Crippen molar-refractivity contribution in [2.75, 3.05) is 31.5 Å². The Labute approximate surface area is 206 Å². The molecule has 0 atom stereocenters. The van der Waals surface area contributed by atoms with Crippen molar-refractivity contribution >= 4 is 34.7 Å². The van der Waals surface area contributed by atoms with Gasteiger partial charge < -0.3 is 15.5 Å². The maximum Gasteiger partial charge on any atom is 0.270 e. The van der Waals surface area contributed by atoms with E-state index in [-0.39, 0.29) is 35.2 Å². The first kappa shape index (κ1) is 26.1. The van der Waals surface area contributed by atoms with E-state index in [0.29, 0.717) is 30.7 Å². The molecule has 184 valence electrons. The monoisotopic (exact) mass is 499 g/mol. The fraction of sp³-hybridized carbons (Fsp3) is 0.400. The Morgan fingerprint density at radius 3 is 2.74 bits per heavy atom. The third-order valence-corrected chi connectivity index (χ3v) is 6.86. The van der Waals surface area contributed by atoms with Gasteiger partial charge in [0.15, 0.2) is 5.57 Å². The number of benzene rings is 1. The second-order valence-electron chi connectivity index (χ2n) is 8.13. The number of rotatable bonds is 8. The Bertz CT molecular complexity index is 1320. The van der Waals surface area contributed by atoms with Gasteiger partial charge in [0.2, 0.25) is 0 Å². The topological polar surface area (TPSA) is 90.2 Å². The average molecular weight is 500 g/mol. The first-order chi connectivity index (χ1) is 16.8. The fourth-order valence-electron chi connectivity index (χ4n) is 3.76. The number of carbonyl (C=O) groups is 1. The van der Waals surface area contributed by atoms with Crippen LogP contribution in [0.25, 0.3) is 11.8 Å². The van der Waals surface area contributed by atoms with E-state index in [1.54, 1.807) is 13.1 Å². The number of hydrogen-bond donors (Lipinski definition) is 2. The van der Waals surface area contributed by atoms with Crippen LogP contribution in [0, 0.1) is 23.7 Å². The molecule has 1 aliphatic heterocycles. The second kappa shape index (κ2) is 11.8. The lowest BCUT2D eigenvalue weighted by atomic mass is 10.1. The SMILES string of the molecule is C#CCNC(=O)C(C#N)=c1sc(=CNc2cccc(CCN3CCC(F)(F)CC3)c2)c(=O)n1CC. The van der Waals surface area contributed by atoms with E-state index in [4.69, 9.17) is 6.42 Å². The molecule has 35 heavy (non-hydrogen) atoms. The molecule has 0 saturated carbocycles. The Morgan fingerprint density at radius 1 is 1.34 bits per heavy atom. The molecule has 1 fully saturated rings. The number of amides is 1. The summed E-state index contributed by atoms with van der Waals surface area (Å²) in [6, 6.07) is 9.54. The molecule has 0 bridgehead atoms. The van der Waals surface area contributed by atoms with Crippen molar-refractivity contribution in [1.29, 1.82) is 5.26 Å². The molecule has 2 heterocycles. The first-order valence-electron chi connectivity index (χ1n) is 11.3. The molecule has 1 saturated heterocycles. The standard InChI is InChI=1S/C25H27F2N5O2S/c1-3-11-29-22(33)20(16-28)24-32(4-2)23(34)21(35-24)17-30-19-7-5-6-18(15-19)8-12-31-13-9-25(26,27)10-14-31/h1,5-7,15,17,30H,4,8-14H2,2H3,(H,29,33). The molecule has 1 aromatic carbocycles. The number of piperidine rings is 1. The van der Waals surface area contributed by atoms with E-state index in [2.05, 4.69) is 16.6 Å². The number of terminal acetylenes is 1. The lowest BCUT2D eigenvalue weighted by molar-refractivity contribution is -0.115. The number of aromatic nitrogens is 1. The van der Waals surface area contributed by atoms with Crippen LogP contribution in [0.15, 0.2) is 29.1 Å². The summed E-state index contributed by atoms with van der Waals surface area (Å²) in [4.78, 5) is 27.2. The van der Waals surface area contributed by atoms with Crippen LogP contribution >= 0.6 is 11.3 Å². The van der Waals surface area contributed by atoms with Gasteiger partial charge in [0.05, 0.1) is 6.54 Å². The van der Waals surface area contributed by atoms with Gasteiger partial charge >= 0.3 is 0 Å². The molecule has 2 N–H and O–H groups in total. The minimum atomic E-state index is -2.55. The summed E-state index contributed by atoms with van der Waals surface area (Å²) < 4.78 is 28.7. The fourth-order valence-corrected chi connectivity index (χ4v) is 4.85. The summed E-state index contributed by atoms with van der Waals surface area (Å²) in [5.41, 5.74) is 1.34. The summed E-state index contributed by atoms with van der Waals surface area (Å²) in [7, 11) is 0. The normalized spacial score (nSPS) is 16.8. The number of nitrogens with one attached hydrogen (secondary N) is 2. The summed E-state index contributed by atoms with van der Waals surface area (Å²) in [6.45, 7) is 3.53. The molecule has 7 nitrogen and oxygen atoms in total. The second-order valence-corrected chi connectivity index (χ2v) is 9.16. The van der Waals surface area contributed by atoms with Crippen molar-refractivity contribution in [1.82, 2.24) is 14.8 Å². The smallest absolute Gasteiger partial charge is 0.270 e. The molecular weight excluding hydrogens is 472 g/mol.